The maximum absolute atomic E-state index is 10.6. The molecule has 13 heteroatoms. The third-order valence-corrected chi connectivity index (χ3v) is 10.4. The van der Waals surface area contributed by atoms with Crippen LogP contribution in [0, 0.1) is 0 Å². The highest BCUT2D eigenvalue weighted by molar-refractivity contribution is 8.19. The molecule has 0 unspecified atom stereocenters. The zero-order valence-corrected chi connectivity index (χ0v) is 19.5. The maximum Gasteiger partial charge on any atom is 0.176 e. The number of ether oxygens (including phenoxy) is 1. The molecule has 0 amide bonds. The number of thioether (sulfide) groups is 2. The second-order valence-electron chi connectivity index (χ2n) is 5.91. The molecule has 4 aliphatic heterocycles. The average molecular weight is 483 g/mol. The van der Waals surface area contributed by atoms with E-state index in [2.05, 4.69) is 15.4 Å². The van der Waals surface area contributed by atoms with Gasteiger partial charge in [-0.15, -0.1) is 0 Å². The molecule has 4 aliphatic rings. The predicted molar refractivity (Wildman–Crippen MR) is 117 cm³/mol. The second-order valence-corrected chi connectivity index (χ2v) is 14.6. The smallest absolute Gasteiger partial charge is 0.176 e. The molecular weight excluding hydrogens is 452 g/mol. The molecule has 0 aromatic carbocycles. The van der Waals surface area contributed by atoms with Gasteiger partial charge in [-0.1, -0.05) is 0 Å². The number of nitrogens with one attached hydrogen (secondary N) is 2. The van der Waals surface area contributed by atoms with Crippen LogP contribution in [-0.2, 0) is 35.2 Å². The van der Waals surface area contributed by atoms with Gasteiger partial charge >= 0.3 is 0 Å². The highest BCUT2D eigenvalue weighted by Gasteiger charge is 2.17. The van der Waals surface area contributed by atoms with Crippen LogP contribution in [-0.4, -0.2) is 105 Å². The Morgan fingerprint density at radius 3 is 1.56 bits per heavy atom. The van der Waals surface area contributed by atoms with Gasteiger partial charge in [0.25, 0.3) is 0 Å². The van der Waals surface area contributed by atoms with Gasteiger partial charge < -0.3 is 15.4 Å². The molecule has 4 fully saturated rings. The minimum Gasteiger partial charge on any atom is -0.365 e. The van der Waals surface area contributed by atoms with Gasteiger partial charge in [0, 0.05) is 65.1 Å². The van der Waals surface area contributed by atoms with Crippen molar-refractivity contribution in [1.82, 2.24) is 10.6 Å². The first-order valence-electron chi connectivity index (χ1n) is 8.71. The van der Waals surface area contributed by atoms with Gasteiger partial charge in [0.15, 0.2) is 19.7 Å². The molecule has 0 radical (unpaired) electrons. The molecule has 0 saturated carbocycles. The summed E-state index contributed by atoms with van der Waals surface area (Å²) in [7, 11) is -5.92. The topological polar surface area (TPSA) is 119 Å². The second kappa shape index (κ2) is 14.6. The summed E-state index contributed by atoms with van der Waals surface area (Å²) in [5, 5.41) is 7.42. The van der Waals surface area contributed by atoms with Crippen molar-refractivity contribution in [2.45, 2.75) is 0 Å². The Hall–Kier alpha value is 0.630. The molecule has 0 atom stereocenters. The molecule has 0 aliphatic carbocycles. The lowest BCUT2D eigenvalue weighted by Crippen LogP contribution is -2.35. The fourth-order valence-corrected chi connectivity index (χ4v) is 7.29. The van der Waals surface area contributed by atoms with Crippen LogP contribution in [0.3, 0.4) is 0 Å². The molecule has 0 spiro atoms. The summed E-state index contributed by atoms with van der Waals surface area (Å²) in [6, 6.07) is 0. The summed E-state index contributed by atoms with van der Waals surface area (Å²) in [5.74, 6) is 5.20. The van der Waals surface area contributed by atoms with E-state index in [-0.39, 0.29) is 11.7 Å². The van der Waals surface area contributed by atoms with E-state index < -0.39 is 30.5 Å². The van der Waals surface area contributed by atoms with E-state index in [9.17, 15) is 21.0 Å². The monoisotopic (exact) mass is 482 g/mol. The molecule has 2 N–H and O–H groups in total. The zero-order valence-electron chi connectivity index (χ0n) is 15.4. The van der Waals surface area contributed by atoms with Crippen LogP contribution in [0.5, 0.6) is 0 Å². The van der Waals surface area contributed by atoms with Crippen LogP contribution in [0.2, 0.25) is 0 Å². The molecule has 4 saturated heterocycles. The van der Waals surface area contributed by atoms with Crippen LogP contribution in [0.15, 0.2) is 0 Å². The first-order chi connectivity index (χ1) is 12.8. The van der Waals surface area contributed by atoms with E-state index in [0.29, 0.717) is 31.2 Å². The lowest BCUT2D eigenvalue weighted by Gasteiger charge is -2.10. The van der Waals surface area contributed by atoms with Gasteiger partial charge in [0.1, 0.15) is 5.94 Å². The molecule has 4 heterocycles. The standard InChI is InChI=1S/C4H9NO2S.C4H9NOS.C3H6O3S.C3H6S2/c6-8(7)3-1-5-2-4-8;6-7-3-1-5-2-4-7;4-7(5)2-1-6-3-7;1-2-5-3-4-1/h5H,1-4H2;5H,1-4H2;1-3H2;1-3H2. The summed E-state index contributed by atoms with van der Waals surface area (Å²) in [6.07, 6.45) is 0. The van der Waals surface area contributed by atoms with E-state index in [4.69, 9.17) is 0 Å². The fourth-order valence-electron chi connectivity index (χ4n) is 2.01. The van der Waals surface area contributed by atoms with E-state index >= 15 is 0 Å². The van der Waals surface area contributed by atoms with Gasteiger partial charge in [-0.25, -0.2) is 16.8 Å². The van der Waals surface area contributed by atoms with Gasteiger partial charge in [0.05, 0.1) is 23.9 Å². The molecule has 162 valence electrons. The van der Waals surface area contributed by atoms with Crippen molar-refractivity contribution < 1.29 is 25.8 Å². The number of sulfone groups is 2. The van der Waals surface area contributed by atoms with E-state index in [0.717, 1.165) is 24.6 Å². The van der Waals surface area contributed by atoms with Crippen molar-refractivity contribution in [2.75, 3.05) is 84.1 Å². The number of rotatable bonds is 0. The van der Waals surface area contributed by atoms with Crippen molar-refractivity contribution in [3.8, 4) is 0 Å². The van der Waals surface area contributed by atoms with Crippen LogP contribution in [0.4, 0.5) is 0 Å². The Kier molecular flexibility index (Phi) is 13.9. The number of hydrogen-bond donors (Lipinski definition) is 2. The maximum atomic E-state index is 10.6. The Balaban J connectivity index is 0.000000182. The summed E-state index contributed by atoms with van der Waals surface area (Å²) in [4.78, 5) is 0. The lowest BCUT2D eigenvalue weighted by molar-refractivity contribution is 0.215. The van der Waals surface area contributed by atoms with Gasteiger partial charge in [-0.3, -0.25) is 4.21 Å². The summed E-state index contributed by atoms with van der Waals surface area (Å²) < 4.78 is 56.9. The average Bonchev–Trinajstić information content (AvgIpc) is 3.31. The zero-order chi connectivity index (χ0) is 20.0. The van der Waals surface area contributed by atoms with Gasteiger partial charge in [-0.05, 0) is 0 Å². The molecule has 0 aromatic heterocycles. The molecule has 0 aromatic rings. The first-order valence-corrected chi connectivity index (χ1v) is 16.2. The van der Waals surface area contributed by atoms with E-state index in [1.54, 1.807) is 0 Å². The van der Waals surface area contributed by atoms with Crippen LogP contribution in [0.1, 0.15) is 0 Å². The number of hydrogen-bond acceptors (Lipinski definition) is 10. The van der Waals surface area contributed by atoms with E-state index in [1.165, 1.54) is 16.6 Å². The molecular formula is C14H30N2O6S5. The summed E-state index contributed by atoms with van der Waals surface area (Å²) in [6.45, 7) is 3.51. The Morgan fingerprint density at radius 2 is 1.33 bits per heavy atom. The molecule has 8 nitrogen and oxygen atoms in total. The first kappa shape index (κ1) is 25.7. The third kappa shape index (κ3) is 15.2. The largest absolute Gasteiger partial charge is 0.365 e. The third-order valence-electron chi connectivity index (χ3n) is 3.53. The predicted octanol–water partition coefficient (Wildman–Crippen LogP) is -0.844. The van der Waals surface area contributed by atoms with Crippen molar-refractivity contribution in [3.05, 3.63) is 0 Å². The molecule has 0 bridgehead atoms. The fraction of sp³-hybridized carbons (Fsp3) is 1.00. The lowest BCUT2D eigenvalue weighted by atomic mass is 10.6. The van der Waals surface area contributed by atoms with Crippen LogP contribution < -0.4 is 10.6 Å². The quantitative estimate of drug-likeness (QED) is 0.452. The molecule has 27 heavy (non-hydrogen) atoms. The Labute approximate surface area is 174 Å². The Morgan fingerprint density at radius 1 is 0.778 bits per heavy atom. The SMILES string of the molecule is C1CSCS1.O=S1(=O)CCNCC1.O=S1(=O)CCOC1.O=S1CCNCC1. The Bertz CT molecular complexity index is 582. The summed E-state index contributed by atoms with van der Waals surface area (Å²) >= 11 is 4.07. The molecule has 4 rings (SSSR count). The normalized spacial score (nSPS) is 26.4. The van der Waals surface area contributed by atoms with Crippen molar-refractivity contribution in [1.29, 1.82) is 0 Å². The minimum absolute atomic E-state index is 0.0764. The van der Waals surface area contributed by atoms with Crippen molar-refractivity contribution in [3.63, 3.8) is 0 Å². The van der Waals surface area contributed by atoms with Crippen molar-refractivity contribution in [2.24, 2.45) is 0 Å². The minimum atomic E-state index is -2.77. The summed E-state index contributed by atoms with van der Waals surface area (Å²) in [5.41, 5.74) is 0. The van der Waals surface area contributed by atoms with Crippen LogP contribution in [0.25, 0.3) is 0 Å². The highest BCUT2D eigenvalue weighted by atomic mass is 32.2. The van der Waals surface area contributed by atoms with E-state index in [1.807, 2.05) is 23.5 Å². The highest BCUT2D eigenvalue weighted by Crippen LogP contribution is 2.20. The van der Waals surface area contributed by atoms with Gasteiger partial charge in [-0.2, -0.15) is 23.5 Å². The van der Waals surface area contributed by atoms with Crippen LogP contribution >= 0.6 is 23.5 Å². The van der Waals surface area contributed by atoms with Crippen molar-refractivity contribution >= 4 is 54.0 Å². The van der Waals surface area contributed by atoms with Gasteiger partial charge in [0.2, 0.25) is 0 Å².